The number of nitrogens with one attached hydrogen (secondary N) is 3. The number of phenols is 1. The highest BCUT2D eigenvalue weighted by Crippen LogP contribution is 2.12. The molecule has 5 unspecified atom stereocenters. The first-order valence-corrected chi connectivity index (χ1v) is 13.8. The summed E-state index contributed by atoms with van der Waals surface area (Å²) in [5.74, 6) is -2.95. The van der Waals surface area contributed by atoms with Crippen molar-refractivity contribution in [3.05, 3.63) is 65.7 Å². The molecule has 0 saturated heterocycles. The molecule has 2 rings (SSSR count). The zero-order valence-electron chi connectivity index (χ0n) is 21.9. The van der Waals surface area contributed by atoms with Gasteiger partial charge >= 0.3 is 5.97 Å². The summed E-state index contributed by atoms with van der Waals surface area (Å²) in [5, 5.41) is 36.7. The van der Waals surface area contributed by atoms with E-state index in [2.05, 4.69) is 16.0 Å². The van der Waals surface area contributed by atoms with Gasteiger partial charge in [0.25, 0.3) is 0 Å². The first kappa shape index (κ1) is 31.6. The number of thioether (sulfide) groups is 1. The summed E-state index contributed by atoms with van der Waals surface area (Å²) < 4.78 is 0. The van der Waals surface area contributed by atoms with Crippen LogP contribution in [0.25, 0.3) is 0 Å². The second kappa shape index (κ2) is 15.7. The van der Waals surface area contributed by atoms with E-state index in [4.69, 9.17) is 5.73 Å². The molecule has 2 aromatic rings. The Morgan fingerprint density at radius 2 is 1.44 bits per heavy atom. The van der Waals surface area contributed by atoms with Crippen LogP contribution >= 0.6 is 11.8 Å². The largest absolute Gasteiger partial charge is 0.508 e. The number of nitrogens with two attached hydrogens (primary N) is 1. The number of carboxylic acids is 1. The molecule has 3 amide bonds. The maximum absolute atomic E-state index is 13.1. The van der Waals surface area contributed by atoms with E-state index in [-0.39, 0.29) is 25.0 Å². The number of carbonyl (C=O) groups is 4. The summed E-state index contributed by atoms with van der Waals surface area (Å²) in [6, 6.07) is 10.2. The molecule has 0 bridgehead atoms. The smallest absolute Gasteiger partial charge is 0.326 e. The normalized spacial score (nSPS) is 14.8. The van der Waals surface area contributed by atoms with Gasteiger partial charge in [-0.3, -0.25) is 14.4 Å². The second-order valence-electron chi connectivity index (χ2n) is 9.14. The van der Waals surface area contributed by atoms with E-state index in [1.807, 2.05) is 36.6 Å². The Labute approximate surface area is 231 Å². The maximum atomic E-state index is 13.1. The fourth-order valence-electron chi connectivity index (χ4n) is 3.73. The molecule has 0 spiro atoms. The molecule has 12 heteroatoms. The van der Waals surface area contributed by atoms with Crippen molar-refractivity contribution in [1.29, 1.82) is 0 Å². The fourth-order valence-corrected chi connectivity index (χ4v) is 4.20. The van der Waals surface area contributed by atoms with Crippen molar-refractivity contribution in [1.82, 2.24) is 16.0 Å². The number of hydrogen-bond acceptors (Lipinski definition) is 8. The van der Waals surface area contributed by atoms with E-state index in [9.17, 15) is 34.5 Å². The van der Waals surface area contributed by atoms with Gasteiger partial charge in [-0.25, -0.2) is 4.79 Å². The molecule has 0 radical (unpaired) electrons. The molecule has 0 aliphatic carbocycles. The van der Waals surface area contributed by atoms with E-state index in [0.717, 1.165) is 5.56 Å². The minimum Gasteiger partial charge on any atom is -0.508 e. The minimum absolute atomic E-state index is 0.0234. The van der Waals surface area contributed by atoms with Crippen molar-refractivity contribution in [2.24, 2.45) is 5.73 Å². The Morgan fingerprint density at radius 3 is 2.00 bits per heavy atom. The van der Waals surface area contributed by atoms with Gasteiger partial charge in [-0.2, -0.15) is 11.8 Å². The number of aromatic hydroxyl groups is 1. The van der Waals surface area contributed by atoms with Crippen molar-refractivity contribution in [2.75, 3.05) is 12.0 Å². The van der Waals surface area contributed by atoms with Crippen LogP contribution in [0.1, 0.15) is 24.5 Å². The molecule has 39 heavy (non-hydrogen) atoms. The van der Waals surface area contributed by atoms with Crippen LogP contribution < -0.4 is 21.7 Å². The van der Waals surface area contributed by atoms with Crippen molar-refractivity contribution >= 4 is 35.5 Å². The Balaban J connectivity index is 2.09. The quantitative estimate of drug-likeness (QED) is 0.159. The topological polar surface area (TPSA) is 191 Å². The average Bonchev–Trinajstić information content (AvgIpc) is 2.90. The van der Waals surface area contributed by atoms with Crippen LogP contribution in [0, 0.1) is 0 Å². The maximum Gasteiger partial charge on any atom is 0.326 e. The summed E-state index contributed by atoms with van der Waals surface area (Å²) in [6.07, 6.45) is 0.865. The second-order valence-corrected chi connectivity index (χ2v) is 10.1. The third-order valence-corrected chi connectivity index (χ3v) is 6.58. The molecule has 212 valence electrons. The standard InChI is InChI=1S/C27H36N4O7S/c1-16(32)23(31-24(34)20(28)14-17-6-4-3-5-7-17)26(36)29-21(12-13-39-2)25(35)30-22(27(37)38)15-18-8-10-19(33)11-9-18/h3-11,16,20-23,32-33H,12-15,28H2,1-2H3,(H,29,36)(H,30,35)(H,31,34)(H,37,38). The van der Waals surface area contributed by atoms with E-state index in [1.54, 1.807) is 12.1 Å². The number of aliphatic hydroxyl groups excluding tert-OH is 1. The lowest BCUT2D eigenvalue weighted by atomic mass is 10.0. The van der Waals surface area contributed by atoms with E-state index in [1.165, 1.54) is 30.8 Å². The van der Waals surface area contributed by atoms with Gasteiger partial charge in [0.1, 0.15) is 23.9 Å². The third-order valence-electron chi connectivity index (χ3n) is 5.93. The number of benzene rings is 2. The van der Waals surface area contributed by atoms with Crippen molar-refractivity contribution in [2.45, 2.75) is 56.5 Å². The summed E-state index contributed by atoms with van der Waals surface area (Å²) in [4.78, 5) is 50.6. The molecule has 8 N–H and O–H groups in total. The fraction of sp³-hybridized carbons (Fsp3) is 0.407. The van der Waals surface area contributed by atoms with E-state index in [0.29, 0.717) is 11.3 Å². The number of phenolic OH excluding ortho intramolecular Hbond substituents is 1. The predicted octanol–water partition coefficient (Wildman–Crippen LogP) is 0.178. The lowest BCUT2D eigenvalue weighted by Gasteiger charge is -2.26. The molecule has 0 heterocycles. The van der Waals surface area contributed by atoms with Gasteiger partial charge in [0.2, 0.25) is 17.7 Å². The molecule has 0 aliphatic rings. The Hall–Kier alpha value is -3.61. The molecule has 0 aromatic heterocycles. The minimum atomic E-state index is -1.39. The van der Waals surface area contributed by atoms with Gasteiger partial charge < -0.3 is 37.0 Å². The van der Waals surface area contributed by atoms with Gasteiger partial charge in [-0.05, 0) is 55.0 Å². The molecule has 11 nitrogen and oxygen atoms in total. The molecule has 5 atom stereocenters. The van der Waals surface area contributed by atoms with Crippen molar-refractivity contribution < 1.29 is 34.5 Å². The van der Waals surface area contributed by atoms with E-state index >= 15 is 0 Å². The molecular formula is C27H36N4O7S. The lowest BCUT2D eigenvalue weighted by Crippen LogP contribution is -2.60. The number of rotatable bonds is 15. The number of amides is 3. The monoisotopic (exact) mass is 560 g/mol. The molecule has 0 aliphatic heterocycles. The number of hydrogen-bond donors (Lipinski definition) is 7. The van der Waals surface area contributed by atoms with Crippen LogP contribution in [0.4, 0.5) is 0 Å². The third kappa shape index (κ3) is 10.6. The summed E-state index contributed by atoms with van der Waals surface area (Å²) in [7, 11) is 0. The molecule has 0 saturated carbocycles. The van der Waals surface area contributed by atoms with Crippen LogP contribution in [-0.4, -0.2) is 81.3 Å². The Bertz CT molecular complexity index is 1100. The number of carboxylic acid groups (broad SMARTS) is 1. The number of aliphatic carboxylic acids is 1. The van der Waals surface area contributed by atoms with Gasteiger partial charge in [0.15, 0.2) is 0 Å². The van der Waals surface area contributed by atoms with Crippen LogP contribution in [-0.2, 0) is 32.0 Å². The predicted molar refractivity (Wildman–Crippen MR) is 148 cm³/mol. The molecule has 0 fully saturated rings. The van der Waals surface area contributed by atoms with Gasteiger partial charge in [0, 0.05) is 6.42 Å². The highest BCUT2D eigenvalue weighted by Gasteiger charge is 2.32. The van der Waals surface area contributed by atoms with Gasteiger partial charge in [-0.1, -0.05) is 42.5 Å². The zero-order valence-corrected chi connectivity index (χ0v) is 22.7. The number of aliphatic hydroxyl groups is 1. The van der Waals surface area contributed by atoms with Crippen molar-refractivity contribution in [3.8, 4) is 5.75 Å². The van der Waals surface area contributed by atoms with Crippen LogP contribution in [0.5, 0.6) is 5.75 Å². The molecule has 2 aromatic carbocycles. The summed E-state index contributed by atoms with van der Waals surface area (Å²) in [5.41, 5.74) is 7.41. The van der Waals surface area contributed by atoms with Crippen LogP contribution in [0.15, 0.2) is 54.6 Å². The zero-order chi connectivity index (χ0) is 28.9. The first-order valence-electron chi connectivity index (χ1n) is 12.4. The van der Waals surface area contributed by atoms with E-state index < -0.39 is 54.0 Å². The summed E-state index contributed by atoms with van der Waals surface area (Å²) in [6.45, 7) is 1.32. The van der Waals surface area contributed by atoms with Crippen molar-refractivity contribution in [3.63, 3.8) is 0 Å². The van der Waals surface area contributed by atoms with Gasteiger partial charge in [0.05, 0.1) is 12.1 Å². The number of carbonyl (C=O) groups excluding carboxylic acids is 3. The van der Waals surface area contributed by atoms with Crippen LogP contribution in [0.3, 0.4) is 0 Å². The van der Waals surface area contributed by atoms with Gasteiger partial charge in [-0.15, -0.1) is 0 Å². The molecular weight excluding hydrogens is 524 g/mol. The van der Waals surface area contributed by atoms with Crippen LogP contribution in [0.2, 0.25) is 0 Å². The average molecular weight is 561 g/mol. The SMILES string of the molecule is CSCCC(NC(=O)C(NC(=O)C(N)Cc1ccccc1)C(C)O)C(=O)NC(Cc1ccc(O)cc1)C(=O)O. The Kier molecular flexibility index (Phi) is 12.7. The Morgan fingerprint density at radius 1 is 0.846 bits per heavy atom. The highest BCUT2D eigenvalue weighted by atomic mass is 32.2. The highest BCUT2D eigenvalue weighted by molar-refractivity contribution is 7.98. The first-order chi connectivity index (χ1) is 18.5. The lowest BCUT2D eigenvalue weighted by molar-refractivity contribution is -0.142. The summed E-state index contributed by atoms with van der Waals surface area (Å²) >= 11 is 1.43.